The van der Waals surface area contributed by atoms with Gasteiger partial charge >= 0.3 is 0 Å². The van der Waals surface area contributed by atoms with Crippen molar-refractivity contribution in [2.24, 2.45) is 10.4 Å². The van der Waals surface area contributed by atoms with Crippen LogP contribution in [0.5, 0.6) is 0 Å². The highest BCUT2D eigenvalue weighted by Gasteiger charge is 2.34. The van der Waals surface area contributed by atoms with Crippen molar-refractivity contribution in [3.63, 3.8) is 0 Å². The van der Waals surface area contributed by atoms with Gasteiger partial charge in [-0.05, 0) is 49.3 Å². The number of aliphatic imine (C=N–C) groups is 1. The predicted molar refractivity (Wildman–Crippen MR) is 103 cm³/mol. The van der Waals surface area contributed by atoms with Gasteiger partial charge in [-0.15, -0.1) is 0 Å². The van der Waals surface area contributed by atoms with E-state index in [1.807, 2.05) is 13.0 Å². The van der Waals surface area contributed by atoms with Crippen LogP contribution in [0.4, 0.5) is 4.39 Å². The third kappa shape index (κ3) is 3.89. The van der Waals surface area contributed by atoms with Gasteiger partial charge in [0.2, 0.25) is 0 Å². The minimum Gasteiger partial charge on any atom is -0.356 e. The molecule has 0 saturated heterocycles. The molecule has 0 atom stereocenters. The molecule has 140 valence electrons. The fraction of sp³-hybridized carbons (Fsp3) is 0.500. The van der Waals surface area contributed by atoms with E-state index in [9.17, 15) is 4.39 Å². The Morgan fingerprint density at radius 1 is 1.35 bits per heavy atom. The first-order chi connectivity index (χ1) is 12.6. The van der Waals surface area contributed by atoms with Crippen LogP contribution in [0, 0.1) is 18.2 Å². The molecule has 2 aromatic rings. The van der Waals surface area contributed by atoms with Crippen molar-refractivity contribution in [2.75, 3.05) is 13.6 Å². The van der Waals surface area contributed by atoms with Gasteiger partial charge in [0.1, 0.15) is 11.6 Å². The van der Waals surface area contributed by atoms with Crippen molar-refractivity contribution in [2.45, 2.75) is 46.1 Å². The minimum absolute atomic E-state index is 0.257. The van der Waals surface area contributed by atoms with Crippen LogP contribution in [-0.4, -0.2) is 29.1 Å². The Labute approximate surface area is 154 Å². The number of imidazole rings is 1. The number of guanidine groups is 1. The Balaban J connectivity index is 1.58. The zero-order chi connectivity index (χ0) is 18.6. The van der Waals surface area contributed by atoms with Gasteiger partial charge in [-0.1, -0.05) is 19.4 Å². The van der Waals surface area contributed by atoms with Crippen LogP contribution in [0.15, 0.2) is 35.6 Å². The maximum atomic E-state index is 14.5. The Morgan fingerprint density at radius 2 is 2.15 bits per heavy atom. The van der Waals surface area contributed by atoms with Crippen molar-refractivity contribution in [3.05, 3.63) is 47.8 Å². The molecule has 1 aliphatic carbocycles. The summed E-state index contributed by atoms with van der Waals surface area (Å²) in [6.45, 7) is 5.58. The number of hydrogen-bond donors (Lipinski definition) is 2. The molecule has 1 aromatic heterocycles. The van der Waals surface area contributed by atoms with Crippen LogP contribution in [0.3, 0.4) is 0 Å². The first-order valence-electron chi connectivity index (χ1n) is 9.30. The number of nitrogens with zero attached hydrogens (tertiary/aromatic N) is 3. The van der Waals surface area contributed by atoms with Gasteiger partial charge < -0.3 is 15.2 Å². The van der Waals surface area contributed by atoms with Crippen LogP contribution in [0.1, 0.15) is 44.0 Å². The Kier molecular flexibility index (Phi) is 5.59. The molecule has 0 aliphatic heterocycles. The maximum Gasteiger partial charge on any atom is 0.191 e. The number of nitrogens with one attached hydrogen (secondary N) is 2. The normalized spacial score (nSPS) is 16.2. The molecule has 1 heterocycles. The molecule has 0 bridgehead atoms. The number of halogens is 1. The smallest absolute Gasteiger partial charge is 0.191 e. The largest absolute Gasteiger partial charge is 0.356 e. The topological polar surface area (TPSA) is 54.2 Å². The van der Waals surface area contributed by atoms with E-state index in [0.717, 1.165) is 23.9 Å². The molecule has 0 radical (unpaired) electrons. The Bertz CT molecular complexity index is 771. The molecule has 3 rings (SSSR count). The molecular weight excluding hydrogens is 329 g/mol. The first-order valence-corrected chi connectivity index (χ1v) is 9.30. The van der Waals surface area contributed by atoms with Crippen LogP contribution < -0.4 is 10.6 Å². The van der Waals surface area contributed by atoms with Crippen LogP contribution in [0.25, 0.3) is 5.69 Å². The third-order valence-electron chi connectivity index (χ3n) is 5.58. The lowest BCUT2D eigenvalue weighted by atomic mass is 9.67. The van der Waals surface area contributed by atoms with E-state index >= 15 is 0 Å². The van der Waals surface area contributed by atoms with Gasteiger partial charge in [0, 0.05) is 32.5 Å². The van der Waals surface area contributed by atoms with E-state index in [0.29, 0.717) is 17.6 Å². The summed E-state index contributed by atoms with van der Waals surface area (Å²) in [5.41, 5.74) is 1.82. The standard InChI is InChI=1S/C20H28FN5/c1-4-20(8-5-9-20)14-25-19(22-3)24-13-16-6-7-18(17(21)12-16)26-11-10-23-15(26)2/h6-7,10-12H,4-5,8-9,13-14H2,1-3H3,(H2,22,24,25). The van der Waals surface area contributed by atoms with Gasteiger partial charge in [0.25, 0.3) is 0 Å². The first kappa shape index (κ1) is 18.4. The zero-order valence-electron chi connectivity index (χ0n) is 15.8. The SMILES string of the molecule is CCC1(CNC(=NC)NCc2ccc(-n3ccnc3C)c(F)c2)CCC1. The molecule has 2 N–H and O–H groups in total. The van der Waals surface area contributed by atoms with Crippen molar-refractivity contribution < 1.29 is 4.39 Å². The Morgan fingerprint density at radius 3 is 2.69 bits per heavy atom. The van der Waals surface area contributed by atoms with Gasteiger partial charge in [-0.3, -0.25) is 4.99 Å². The van der Waals surface area contributed by atoms with Crippen LogP contribution in [-0.2, 0) is 6.54 Å². The average Bonchev–Trinajstić information content (AvgIpc) is 3.03. The summed E-state index contributed by atoms with van der Waals surface area (Å²) < 4.78 is 16.2. The van der Waals surface area contributed by atoms with Crippen molar-refractivity contribution in [1.29, 1.82) is 0 Å². The highest BCUT2D eigenvalue weighted by molar-refractivity contribution is 5.79. The monoisotopic (exact) mass is 357 g/mol. The lowest BCUT2D eigenvalue weighted by molar-refractivity contribution is 0.131. The van der Waals surface area contributed by atoms with Gasteiger partial charge in [-0.2, -0.15) is 0 Å². The maximum absolute atomic E-state index is 14.5. The summed E-state index contributed by atoms with van der Waals surface area (Å²) in [7, 11) is 1.76. The summed E-state index contributed by atoms with van der Waals surface area (Å²) in [5, 5.41) is 6.70. The summed E-state index contributed by atoms with van der Waals surface area (Å²) in [4.78, 5) is 8.43. The van der Waals surface area contributed by atoms with Crippen molar-refractivity contribution in [1.82, 2.24) is 20.2 Å². The second kappa shape index (κ2) is 7.89. The third-order valence-corrected chi connectivity index (χ3v) is 5.58. The van der Waals surface area contributed by atoms with E-state index in [2.05, 4.69) is 27.5 Å². The summed E-state index contributed by atoms with van der Waals surface area (Å²) >= 11 is 0. The summed E-state index contributed by atoms with van der Waals surface area (Å²) in [6, 6.07) is 5.28. The van der Waals surface area contributed by atoms with Crippen LogP contribution in [0.2, 0.25) is 0 Å². The van der Waals surface area contributed by atoms with Gasteiger partial charge in [0.05, 0.1) is 5.69 Å². The molecule has 0 spiro atoms. The van der Waals surface area contributed by atoms with Crippen molar-refractivity contribution >= 4 is 5.96 Å². The fourth-order valence-corrected chi connectivity index (χ4v) is 3.50. The average molecular weight is 357 g/mol. The molecular formula is C20H28FN5. The zero-order valence-corrected chi connectivity index (χ0v) is 15.8. The predicted octanol–water partition coefficient (Wildman–Crippen LogP) is 3.57. The molecule has 0 unspecified atom stereocenters. The summed E-state index contributed by atoms with van der Waals surface area (Å²) in [6.07, 6.45) is 8.52. The highest BCUT2D eigenvalue weighted by Crippen LogP contribution is 2.42. The molecule has 1 fully saturated rings. The summed E-state index contributed by atoms with van der Waals surface area (Å²) in [5.74, 6) is 1.27. The van der Waals surface area contributed by atoms with Crippen molar-refractivity contribution in [3.8, 4) is 5.69 Å². The fourth-order valence-electron chi connectivity index (χ4n) is 3.50. The molecule has 1 aliphatic rings. The second-order valence-electron chi connectivity index (χ2n) is 7.12. The van der Waals surface area contributed by atoms with Crippen LogP contribution >= 0.6 is 0 Å². The molecule has 0 amide bonds. The molecule has 5 nitrogen and oxygen atoms in total. The number of aromatic nitrogens is 2. The molecule has 1 aromatic carbocycles. The van der Waals surface area contributed by atoms with E-state index in [4.69, 9.17) is 0 Å². The van der Waals surface area contributed by atoms with E-state index < -0.39 is 0 Å². The van der Waals surface area contributed by atoms with Gasteiger partial charge in [0.15, 0.2) is 5.96 Å². The lowest BCUT2D eigenvalue weighted by Gasteiger charge is -2.41. The van der Waals surface area contributed by atoms with E-state index in [1.54, 1.807) is 36.1 Å². The second-order valence-corrected chi connectivity index (χ2v) is 7.12. The molecule has 6 heteroatoms. The molecule has 26 heavy (non-hydrogen) atoms. The quantitative estimate of drug-likeness (QED) is 0.614. The number of benzene rings is 1. The molecule has 1 saturated carbocycles. The minimum atomic E-state index is -0.257. The van der Waals surface area contributed by atoms with E-state index in [-0.39, 0.29) is 5.82 Å². The van der Waals surface area contributed by atoms with Gasteiger partial charge in [-0.25, -0.2) is 9.37 Å². The van der Waals surface area contributed by atoms with E-state index in [1.165, 1.54) is 25.7 Å². The Hall–Kier alpha value is -2.37. The number of rotatable bonds is 6. The highest BCUT2D eigenvalue weighted by atomic mass is 19.1. The number of hydrogen-bond acceptors (Lipinski definition) is 2. The lowest BCUT2D eigenvalue weighted by Crippen LogP contribution is -2.46. The number of aryl methyl sites for hydroxylation is 1.